The third kappa shape index (κ3) is 5.48. The van der Waals surface area contributed by atoms with E-state index in [0.717, 1.165) is 0 Å². The molecule has 0 atom stereocenters. The number of nitrogens with zero attached hydrogens (tertiary/aromatic N) is 2. The van der Waals surface area contributed by atoms with Crippen LogP contribution in [0.25, 0.3) is 0 Å². The molecule has 1 aliphatic rings. The second kappa shape index (κ2) is 10.5. The Morgan fingerprint density at radius 2 is 1.88 bits per heavy atom. The third-order valence-corrected chi connectivity index (χ3v) is 4.76. The summed E-state index contributed by atoms with van der Waals surface area (Å²) < 4.78 is 16.5. The summed E-state index contributed by atoms with van der Waals surface area (Å²) in [5.74, 6) is 0.913. The van der Waals surface area contributed by atoms with E-state index in [0.29, 0.717) is 41.8 Å². The Morgan fingerprint density at radius 1 is 1.12 bits per heavy atom. The summed E-state index contributed by atoms with van der Waals surface area (Å²) in [6.45, 7) is 4.63. The SMILES string of the molecule is C=CC(=O)Nc1cccc(Nc2nc3c(c(Oc4ccc(OCCOC)cc4)n2)C(=O)NC3)c1. The summed E-state index contributed by atoms with van der Waals surface area (Å²) in [7, 11) is 1.61. The van der Waals surface area contributed by atoms with Crippen LogP contribution in [0, 0.1) is 0 Å². The molecule has 2 heterocycles. The van der Waals surface area contributed by atoms with Crippen molar-refractivity contribution in [2.24, 2.45) is 0 Å². The van der Waals surface area contributed by atoms with Gasteiger partial charge in [-0.3, -0.25) is 9.59 Å². The Bertz CT molecular complexity index is 1210. The maximum Gasteiger partial charge on any atom is 0.259 e. The number of carbonyl (C=O) groups is 2. The lowest BCUT2D eigenvalue weighted by molar-refractivity contribution is -0.111. The molecule has 0 spiro atoms. The number of aromatic nitrogens is 2. The second-order valence-electron chi connectivity index (χ2n) is 7.17. The molecule has 0 radical (unpaired) electrons. The molecule has 1 aliphatic heterocycles. The van der Waals surface area contributed by atoms with Crippen molar-refractivity contribution in [3.63, 3.8) is 0 Å². The van der Waals surface area contributed by atoms with Gasteiger partial charge < -0.3 is 30.2 Å². The molecule has 4 rings (SSSR count). The van der Waals surface area contributed by atoms with Crippen LogP contribution < -0.4 is 25.4 Å². The number of ether oxygens (including phenoxy) is 3. The Balaban J connectivity index is 1.55. The van der Waals surface area contributed by atoms with E-state index in [2.05, 4.69) is 32.5 Å². The highest BCUT2D eigenvalue weighted by atomic mass is 16.5. The van der Waals surface area contributed by atoms with E-state index in [1.165, 1.54) is 6.08 Å². The summed E-state index contributed by atoms with van der Waals surface area (Å²) in [5, 5.41) is 8.53. The van der Waals surface area contributed by atoms with E-state index in [9.17, 15) is 9.59 Å². The molecule has 0 unspecified atom stereocenters. The molecule has 0 fully saturated rings. The number of nitrogens with one attached hydrogen (secondary N) is 3. The number of amides is 2. The molecule has 10 nitrogen and oxygen atoms in total. The van der Waals surface area contributed by atoms with Crippen molar-refractivity contribution >= 4 is 29.1 Å². The van der Waals surface area contributed by atoms with Crippen molar-refractivity contribution in [3.8, 4) is 17.4 Å². The second-order valence-corrected chi connectivity index (χ2v) is 7.17. The van der Waals surface area contributed by atoms with Gasteiger partial charge in [0.1, 0.15) is 23.7 Å². The predicted molar refractivity (Wildman–Crippen MR) is 126 cm³/mol. The fraction of sp³-hybridized carbons (Fsp3) is 0.167. The van der Waals surface area contributed by atoms with Crippen LogP contribution in [0.3, 0.4) is 0 Å². The van der Waals surface area contributed by atoms with Crippen LogP contribution in [0.2, 0.25) is 0 Å². The summed E-state index contributed by atoms with van der Waals surface area (Å²) in [6.07, 6.45) is 1.19. The normalized spacial score (nSPS) is 11.9. The number of benzene rings is 2. The largest absolute Gasteiger partial charge is 0.491 e. The summed E-state index contributed by atoms with van der Waals surface area (Å²) in [5.41, 5.74) is 2.03. The molecule has 0 saturated heterocycles. The van der Waals surface area contributed by atoms with Gasteiger partial charge in [0.15, 0.2) is 0 Å². The van der Waals surface area contributed by atoms with Crippen molar-refractivity contribution < 1.29 is 23.8 Å². The van der Waals surface area contributed by atoms with Gasteiger partial charge in [0.2, 0.25) is 17.7 Å². The van der Waals surface area contributed by atoms with E-state index in [-0.39, 0.29) is 35.8 Å². The summed E-state index contributed by atoms with van der Waals surface area (Å²) >= 11 is 0. The molecule has 0 saturated carbocycles. The van der Waals surface area contributed by atoms with E-state index in [1.54, 1.807) is 55.6 Å². The number of fused-ring (bicyclic) bond motifs is 1. The van der Waals surface area contributed by atoms with Crippen molar-refractivity contribution in [2.45, 2.75) is 6.54 Å². The van der Waals surface area contributed by atoms with Gasteiger partial charge >= 0.3 is 0 Å². The van der Waals surface area contributed by atoms with Crippen molar-refractivity contribution in [1.29, 1.82) is 0 Å². The quantitative estimate of drug-likeness (QED) is 0.310. The summed E-state index contributed by atoms with van der Waals surface area (Å²) in [4.78, 5) is 32.8. The average Bonchev–Trinajstić information content (AvgIpc) is 3.21. The molecule has 1 aromatic heterocycles. The lowest BCUT2D eigenvalue weighted by atomic mass is 10.2. The zero-order valence-corrected chi connectivity index (χ0v) is 18.5. The maximum absolute atomic E-state index is 12.4. The smallest absolute Gasteiger partial charge is 0.259 e. The lowest BCUT2D eigenvalue weighted by Gasteiger charge is -2.12. The Hall–Kier alpha value is -4.44. The first kappa shape index (κ1) is 22.7. The van der Waals surface area contributed by atoms with Crippen LogP contribution in [0.15, 0.2) is 61.2 Å². The molecule has 0 bridgehead atoms. The maximum atomic E-state index is 12.4. The van der Waals surface area contributed by atoms with E-state index < -0.39 is 0 Å². The minimum atomic E-state index is -0.318. The number of hydrogen-bond donors (Lipinski definition) is 3. The number of carbonyl (C=O) groups excluding carboxylic acids is 2. The van der Waals surface area contributed by atoms with Crippen LogP contribution in [0.1, 0.15) is 16.1 Å². The van der Waals surface area contributed by atoms with Gasteiger partial charge in [-0.25, -0.2) is 4.98 Å². The Morgan fingerprint density at radius 3 is 2.65 bits per heavy atom. The highest BCUT2D eigenvalue weighted by Crippen LogP contribution is 2.31. The number of hydrogen-bond acceptors (Lipinski definition) is 8. The fourth-order valence-electron chi connectivity index (χ4n) is 3.18. The van der Waals surface area contributed by atoms with Crippen LogP contribution in [-0.4, -0.2) is 42.1 Å². The van der Waals surface area contributed by atoms with Crippen LogP contribution in [-0.2, 0) is 16.1 Å². The predicted octanol–water partition coefficient (Wildman–Crippen LogP) is 3.41. The third-order valence-electron chi connectivity index (χ3n) is 4.76. The Labute approximate surface area is 196 Å². The van der Waals surface area contributed by atoms with Gasteiger partial charge in [-0.15, -0.1) is 0 Å². The molecular weight excluding hydrogens is 438 g/mol. The van der Waals surface area contributed by atoms with Crippen LogP contribution in [0.4, 0.5) is 17.3 Å². The standard InChI is InChI=1S/C24H23N5O5/c1-3-20(30)26-15-5-4-6-16(13-15)27-24-28-19-14-25-22(31)21(19)23(29-24)34-18-9-7-17(8-10-18)33-12-11-32-2/h3-10,13H,1,11-12,14H2,2H3,(H,25,31)(H,26,30)(H,27,28,29). The van der Waals surface area contributed by atoms with E-state index in [1.807, 2.05) is 0 Å². The van der Waals surface area contributed by atoms with Gasteiger partial charge in [0.25, 0.3) is 5.91 Å². The number of rotatable bonds is 10. The molecule has 0 aliphatic carbocycles. The molecule has 2 amide bonds. The minimum Gasteiger partial charge on any atom is -0.491 e. The van der Waals surface area contributed by atoms with E-state index in [4.69, 9.17) is 14.2 Å². The van der Waals surface area contributed by atoms with Gasteiger partial charge in [-0.05, 0) is 48.5 Å². The zero-order valence-electron chi connectivity index (χ0n) is 18.5. The monoisotopic (exact) mass is 461 g/mol. The highest BCUT2D eigenvalue weighted by molar-refractivity contribution is 6.00. The first-order valence-electron chi connectivity index (χ1n) is 10.4. The lowest BCUT2D eigenvalue weighted by Crippen LogP contribution is -2.13. The van der Waals surface area contributed by atoms with Crippen molar-refractivity contribution in [3.05, 3.63) is 72.4 Å². The van der Waals surface area contributed by atoms with Crippen LogP contribution in [0.5, 0.6) is 17.4 Å². The summed E-state index contributed by atoms with van der Waals surface area (Å²) in [6, 6.07) is 14.0. The number of methoxy groups -OCH3 is 1. The van der Waals surface area contributed by atoms with Gasteiger partial charge in [0, 0.05) is 18.5 Å². The molecule has 3 aromatic rings. The first-order valence-corrected chi connectivity index (χ1v) is 10.4. The topological polar surface area (TPSA) is 124 Å². The molecule has 10 heteroatoms. The van der Waals surface area contributed by atoms with Crippen LogP contribution >= 0.6 is 0 Å². The van der Waals surface area contributed by atoms with Crippen molar-refractivity contribution in [1.82, 2.24) is 15.3 Å². The molecule has 2 aromatic carbocycles. The molecular formula is C24H23N5O5. The van der Waals surface area contributed by atoms with Gasteiger partial charge in [-0.2, -0.15) is 4.98 Å². The van der Waals surface area contributed by atoms with E-state index >= 15 is 0 Å². The highest BCUT2D eigenvalue weighted by Gasteiger charge is 2.28. The molecule has 34 heavy (non-hydrogen) atoms. The minimum absolute atomic E-state index is 0.131. The fourth-order valence-corrected chi connectivity index (χ4v) is 3.18. The average molecular weight is 461 g/mol. The van der Waals surface area contributed by atoms with Gasteiger partial charge in [0.05, 0.1) is 18.8 Å². The van der Waals surface area contributed by atoms with Gasteiger partial charge in [-0.1, -0.05) is 12.6 Å². The Kier molecular flexibility index (Phi) is 6.99. The molecule has 3 N–H and O–H groups in total. The molecule has 174 valence electrons. The van der Waals surface area contributed by atoms with Crippen molar-refractivity contribution in [2.75, 3.05) is 31.0 Å². The number of anilines is 3. The first-order chi connectivity index (χ1) is 16.6. The zero-order chi connectivity index (χ0) is 23.9.